The van der Waals surface area contributed by atoms with Crippen molar-refractivity contribution >= 4 is 0 Å². The van der Waals surface area contributed by atoms with E-state index in [4.69, 9.17) is 0 Å². The number of aryl methyl sites for hydroxylation is 1. The van der Waals surface area contributed by atoms with Crippen molar-refractivity contribution in [3.05, 3.63) is 18.0 Å². The lowest BCUT2D eigenvalue weighted by molar-refractivity contribution is 0.300. The maximum absolute atomic E-state index is 4.57. The van der Waals surface area contributed by atoms with Crippen LogP contribution in [0.4, 0.5) is 0 Å². The van der Waals surface area contributed by atoms with E-state index in [1.807, 2.05) is 0 Å². The van der Waals surface area contributed by atoms with E-state index in [0.29, 0.717) is 12.1 Å². The molecule has 0 bridgehead atoms. The third kappa shape index (κ3) is 4.15. The quantitative estimate of drug-likeness (QED) is 0.751. The van der Waals surface area contributed by atoms with E-state index in [2.05, 4.69) is 55.1 Å². The number of rotatable bonds is 8. The highest BCUT2D eigenvalue weighted by atomic mass is 15.3. The van der Waals surface area contributed by atoms with Gasteiger partial charge < -0.3 is 5.32 Å². The molecule has 0 saturated heterocycles. The second-order valence-corrected chi connectivity index (χ2v) is 4.76. The summed E-state index contributed by atoms with van der Waals surface area (Å²) in [7, 11) is 0. The number of nitrogens with one attached hydrogen (secondary N) is 1. The van der Waals surface area contributed by atoms with Crippen molar-refractivity contribution in [3.63, 3.8) is 0 Å². The van der Waals surface area contributed by atoms with Crippen molar-refractivity contribution in [1.29, 1.82) is 0 Å². The predicted octanol–water partition coefficient (Wildman–Crippen LogP) is 3.31. The second-order valence-electron chi connectivity index (χ2n) is 4.76. The van der Waals surface area contributed by atoms with Gasteiger partial charge in [0.05, 0.1) is 11.7 Å². The summed E-state index contributed by atoms with van der Waals surface area (Å²) in [6.07, 6.45) is 6.87. The summed E-state index contributed by atoms with van der Waals surface area (Å²) in [4.78, 5) is 0. The van der Waals surface area contributed by atoms with Gasteiger partial charge in [-0.05, 0) is 38.8 Å². The highest BCUT2D eigenvalue weighted by molar-refractivity contribution is 4.97. The van der Waals surface area contributed by atoms with Gasteiger partial charge in [0.25, 0.3) is 0 Å². The van der Waals surface area contributed by atoms with Crippen LogP contribution in [0.25, 0.3) is 0 Å². The van der Waals surface area contributed by atoms with Gasteiger partial charge in [-0.15, -0.1) is 0 Å². The predicted molar refractivity (Wildman–Crippen MR) is 73.3 cm³/mol. The lowest BCUT2D eigenvalue weighted by Crippen LogP contribution is -2.38. The van der Waals surface area contributed by atoms with Gasteiger partial charge >= 0.3 is 0 Å². The second kappa shape index (κ2) is 7.49. The van der Waals surface area contributed by atoms with Crippen LogP contribution in [-0.4, -0.2) is 22.4 Å². The molecular weight excluding hydrogens is 210 g/mol. The highest BCUT2D eigenvalue weighted by Crippen LogP contribution is 2.19. The Morgan fingerprint density at radius 3 is 2.53 bits per heavy atom. The van der Waals surface area contributed by atoms with Crippen molar-refractivity contribution in [2.24, 2.45) is 0 Å². The van der Waals surface area contributed by atoms with Gasteiger partial charge in [0.2, 0.25) is 0 Å². The smallest absolute Gasteiger partial charge is 0.0669 e. The Labute approximate surface area is 106 Å². The minimum Gasteiger partial charge on any atom is -0.312 e. The van der Waals surface area contributed by atoms with Crippen LogP contribution < -0.4 is 5.32 Å². The summed E-state index contributed by atoms with van der Waals surface area (Å²) >= 11 is 0. The first-order valence-electron chi connectivity index (χ1n) is 6.98. The Bertz CT molecular complexity index is 306. The summed E-state index contributed by atoms with van der Waals surface area (Å²) < 4.78 is 2.14. The number of aromatic nitrogens is 2. The average Bonchev–Trinajstić information content (AvgIpc) is 2.73. The Morgan fingerprint density at radius 2 is 2.06 bits per heavy atom. The highest BCUT2D eigenvalue weighted by Gasteiger charge is 2.20. The zero-order valence-electron chi connectivity index (χ0n) is 11.7. The Hall–Kier alpha value is -0.830. The molecule has 0 amide bonds. The standard InChI is InChI=1S/C14H27N3/c1-5-8-13(15-10-6-2)14(7-3)17-11-9-12(4)16-17/h9,11,13-15H,5-8,10H2,1-4H3. The van der Waals surface area contributed by atoms with Crippen molar-refractivity contribution in [2.45, 2.75) is 65.5 Å². The molecule has 17 heavy (non-hydrogen) atoms. The molecule has 3 nitrogen and oxygen atoms in total. The zero-order chi connectivity index (χ0) is 12.7. The molecule has 2 atom stereocenters. The molecule has 1 aromatic heterocycles. The first-order chi connectivity index (χ1) is 8.22. The molecule has 1 aromatic rings. The normalized spacial score (nSPS) is 14.8. The van der Waals surface area contributed by atoms with Crippen molar-refractivity contribution in [2.75, 3.05) is 6.54 Å². The maximum atomic E-state index is 4.57. The van der Waals surface area contributed by atoms with Gasteiger partial charge in [0.1, 0.15) is 0 Å². The maximum Gasteiger partial charge on any atom is 0.0669 e. The van der Waals surface area contributed by atoms with Gasteiger partial charge in [-0.25, -0.2) is 0 Å². The van der Waals surface area contributed by atoms with Crippen molar-refractivity contribution in [3.8, 4) is 0 Å². The molecule has 98 valence electrons. The molecule has 1 rings (SSSR count). The fourth-order valence-corrected chi connectivity index (χ4v) is 2.34. The number of nitrogens with zero attached hydrogens (tertiary/aromatic N) is 2. The van der Waals surface area contributed by atoms with Gasteiger partial charge in [0.15, 0.2) is 0 Å². The van der Waals surface area contributed by atoms with E-state index in [-0.39, 0.29) is 0 Å². The van der Waals surface area contributed by atoms with Crippen LogP contribution in [0.15, 0.2) is 12.3 Å². The van der Waals surface area contributed by atoms with E-state index in [1.165, 1.54) is 19.3 Å². The zero-order valence-corrected chi connectivity index (χ0v) is 11.7. The molecule has 0 aliphatic carbocycles. The first kappa shape index (κ1) is 14.2. The van der Waals surface area contributed by atoms with Gasteiger partial charge in [-0.2, -0.15) is 5.10 Å². The summed E-state index contributed by atoms with van der Waals surface area (Å²) in [6, 6.07) is 3.12. The summed E-state index contributed by atoms with van der Waals surface area (Å²) in [6.45, 7) is 9.87. The molecular formula is C14H27N3. The van der Waals surface area contributed by atoms with Crippen molar-refractivity contribution < 1.29 is 0 Å². The molecule has 0 spiro atoms. The van der Waals surface area contributed by atoms with E-state index in [9.17, 15) is 0 Å². The van der Waals surface area contributed by atoms with E-state index in [1.54, 1.807) is 0 Å². The minimum absolute atomic E-state index is 0.482. The SMILES string of the molecule is CCCNC(CCC)C(CC)n1ccc(C)n1. The van der Waals surface area contributed by atoms with Gasteiger partial charge in [-0.1, -0.05) is 27.2 Å². The Kier molecular flexibility index (Phi) is 6.27. The molecule has 0 fully saturated rings. The topological polar surface area (TPSA) is 29.9 Å². The largest absolute Gasteiger partial charge is 0.312 e. The van der Waals surface area contributed by atoms with Crippen LogP contribution in [0.2, 0.25) is 0 Å². The molecule has 2 unspecified atom stereocenters. The third-order valence-electron chi connectivity index (χ3n) is 3.22. The number of hydrogen-bond donors (Lipinski definition) is 1. The average molecular weight is 237 g/mol. The third-order valence-corrected chi connectivity index (χ3v) is 3.22. The summed E-state index contributed by atoms with van der Waals surface area (Å²) in [5, 5.41) is 8.24. The molecule has 1 N–H and O–H groups in total. The van der Waals surface area contributed by atoms with Crippen LogP contribution in [0.1, 0.15) is 58.2 Å². The lowest BCUT2D eigenvalue weighted by Gasteiger charge is -2.27. The first-order valence-corrected chi connectivity index (χ1v) is 6.98. The van der Waals surface area contributed by atoms with E-state index < -0.39 is 0 Å². The van der Waals surface area contributed by atoms with Crippen LogP contribution in [0.5, 0.6) is 0 Å². The lowest BCUT2D eigenvalue weighted by atomic mass is 10.0. The monoisotopic (exact) mass is 237 g/mol. The molecule has 0 aliphatic heterocycles. The fraction of sp³-hybridized carbons (Fsp3) is 0.786. The van der Waals surface area contributed by atoms with E-state index >= 15 is 0 Å². The molecule has 1 heterocycles. The fourth-order valence-electron chi connectivity index (χ4n) is 2.34. The van der Waals surface area contributed by atoms with Crippen LogP contribution in [0, 0.1) is 6.92 Å². The van der Waals surface area contributed by atoms with Gasteiger partial charge in [0, 0.05) is 12.2 Å². The van der Waals surface area contributed by atoms with Crippen LogP contribution in [-0.2, 0) is 0 Å². The van der Waals surface area contributed by atoms with Gasteiger partial charge in [-0.3, -0.25) is 4.68 Å². The van der Waals surface area contributed by atoms with Crippen molar-refractivity contribution in [1.82, 2.24) is 15.1 Å². The van der Waals surface area contributed by atoms with Crippen LogP contribution in [0.3, 0.4) is 0 Å². The summed E-state index contributed by atoms with van der Waals surface area (Å²) in [5.74, 6) is 0. The molecule has 0 aliphatic rings. The molecule has 3 heteroatoms. The molecule has 0 saturated carbocycles. The summed E-state index contributed by atoms with van der Waals surface area (Å²) in [5.41, 5.74) is 1.11. The van der Waals surface area contributed by atoms with Crippen LogP contribution >= 0.6 is 0 Å². The van der Waals surface area contributed by atoms with E-state index in [0.717, 1.165) is 18.7 Å². The molecule has 0 radical (unpaired) electrons. The minimum atomic E-state index is 0.482. The Morgan fingerprint density at radius 1 is 1.29 bits per heavy atom. The Balaban J connectivity index is 2.73. The molecule has 0 aromatic carbocycles. The number of hydrogen-bond acceptors (Lipinski definition) is 2.